The molecule has 3 fully saturated rings. The van der Waals surface area contributed by atoms with E-state index in [2.05, 4.69) is 45.7 Å². The Hall–Kier alpha value is 0.0400. The Balaban J connectivity index is 1.65. The maximum Gasteiger partial charge on any atom is 0.169 e. The molecule has 4 rings (SSSR count). The number of ketones is 2. The molecule has 0 spiro atoms. The molecule has 2 nitrogen and oxygen atoms in total. The van der Waals surface area contributed by atoms with Crippen LogP contribution in [0.4, 0.5) is 0 Å². The van der Waals surface area contributed by atoms with Gasteiger partial charge < -0.3 is 0 Å². The summed E-state index contributed by atoms with van der Waals surface area (Å²) >= 11 is 7.03. The van der Waals surface area contributed by atoms with Gasteiger partial charge >= 0.3 is 0 Å². The van der Waals surface area contributed by atoms with Crippen molar-refractivity contribution in [2.24, 2.45) is 34.5 Å². The predicted molar refractivity (Wildman–Crippen MR) is 107 cm³/mol. The van der Waals surface area contributed by atoms with Gasteiger partial charge in [0.05, 0.1) is 10.2 Å². The molecule has 0 aliphatic heterocycles. The van der Waals surface area contributed by atoms with Gasteiger partial charge in [-0.15, -0.1) is 0 Å². The molecule has 0 saturated heterocycles. The summed E-state index contributed by atoms with van der Waals surface area (Å²) in [5.74, 6) is 3.01. The number of allylic oxidation sites excluding steroid dienone is 1. The van der Waals surface area contributed by atoms with Crippen molar-refractivity contribution >= 4 is 43.4 Å². The maximum atomic E-state index is 12.5. The van der Waals surface area contributed by atoms with Crippen LogP contribution in [0.2, 0.25) is 0 Å². The van der Waals surface area contributed by atoms with Crippen molar-refractivity contribution in [1.29, 1.82) is 0 Å². The van der Waals surface area contributed by atoms with Crippen molar-refractivity contribution in [1.82, 2.24) is 0 Å². The minimum Gasteiger partial charge on any atom is -0.298 e. The van der Waals surface area contributed by atoms with Crippen LogP contribution in [0.25, 0.3) is 0 Å². The van der Waals surface area contributed by atoms with Crippen LogP contribution in [0.3, 0.4) is 0 Å². The Bertz CT molecular complexity index is 642. The van der Waals surface area contributed by atoms with E-state index >= 15 is 0 Å². The van der Waals surface area contributed by atoms with Crippen LogP contribution in [-0.4, -0.2) is 21.7 Å². The van der Waals surface area contributed by atoms with Crippen molar-refractivity contribution in [3.8, 4) is 0 Å². The molecule has 0 N–H and O–H groups in total. The molecule has 0 amide bonds. The van der Waals surface area contributed by atoms with Crippen LogP contribution < -0.4 is 0 Å². The predicted octanol–water partition coefficient (Wildman–Crippen LogP) is 5.47. The summed E-state index contributed by atoms with van der Waals surface area (Å²) in [6.07, 6.45) is 9.87. The monoisotopic (exact) mass is 470 g/mol. The lowest BCUT2D eigenvalue weighted by atomic mass is 9.46. The van der Waals surface area contributed by atoms with Crippen molar-refractivity contribution in [3.63, 3.8) is 0 Å². The molecule has 25 heavy (non-hydrogen) atoms. The lowest BCUT2D eigenvalue weighted by Gasteiger charge is -2.58. The molecular formula is C21H28Br2O2. The molecule has 4 aliphatic rings. The zero-order chi connectivity index (χ0) is 18.0. The van der Waals surface area contributed by atoms with E-state index in [0.717, 1.165) is 25.2 Å². The Morgan fingerprint density at radius 2 is 1.96 bits per heavy atom. The second kappa shape index (κ2) is 6.29. The Labute approximate surface area is 167 Å². The summed E-state index contributed by atoms with van der Waals surface area (Å²) < 4.78 is 0. The number of carbonyl (C=O) groups is 2. The standard InChI is InChI=1S/C21H28Br2O2/c1-20-8-7-15-13(14(20)5-6-16(20)19(25)11-22)4-3-12-9-18(24)17(23)10-21(12,15)2/h9,13-17H,3-8,10-11H2,1-2H3. The van der Waals surface area contributed by atoms with Gasteiger partial charge in [-0.3, -0.25) is 9.59 Å². The molecule has 3 saturated carbocycles. The average molecular weight is 472 g/mol. The lowest BCUT2D eigenvalue weighted by molar-refractivity contribution is -0.128. The molecule has 4 heteroatoms. The van der Waals surface area contributed by atoms with Gasteiger partial charge in [0.2, 0.25) is 0 Å². The fourth-order valence-corrected chi connectivity index (χ4v) is 8.40. The van der Waals surface area contributed by atoms with Crippen molar-refractivity contribution in [3.05, 3.63) is 11.6 Å². The molecule has 4 aliphatic carbocycles. The van der Waals surface area contributed by atoms with Crippen LogP contribution in [0.15, 0.2) is 11.6 Å². The topological polar surface area (TPSA) is 34.1 Å². The number of hydrogen-bond donors (Lipinski definition) is 0. The van der Waals surface area contributed by atoms with Crippen molar-refractivity contribution in [2.75, 3.05) is 5.33 Å². The third kappa shape index (κ3) is 2.60. The van der Waals surface area contributed by atoms with E-state index in [0.29, 0.717) is 22.9 Å². The lowest BCUT2D eigenvalue weighted by Crippen LogP contribution is -2.52. The number of alkyl halides is 2. The zero-order valence-corrected chi connectivity index (χ0v) is 18.4. The van der Waals surface area contributed by atoms with E-state index in [9.17, 15) is 9.59 Å². The van der Waals surface area contributed by atoms with Crippen LogP contribution in [0.1, 0.15) is 58.8 Å². The normalized spacial score (nSPS) is 49.0. The Morgan fingerprint density at radius 3 is 2.68 bits per heavy atom. The van der Waals surface area contributed by atoms with Crippen LogP contribution in [-0.2, 0) is 9.59 Å². The van der Waals surface area contributed by atoms with Gasteiger partial charge in [-0.05, 0) is 79.6 Å². The van der Waals surface area contributed by atoms with Gasteiger partial charge in [0.25, 0.3) is 0 Å². The highest BCUT2D eigenvalue weighted by Gasteiger charge is 2.60. The number of halogens is 2. The molecule has 0 aromatic carbocycles. The molecule has 7 unspecified atom stereocenters. The van der Waals surface area contributed by atoms with Gasteiger partial charge in [0.1, 0.15) is 5.78 Å². The molecule has 138 valence electrons. The maximum absolute atomic E-state index is 12.5. The van der Waals surface area contributed by atoms with Gasteiger partial charge in [-0.25, -0.2) is 0 Å². The number of carbonyl (C=O) groups excluding carboxylic acids is 2. The van der Waals surface area contributed by atoms with Gasteiger partial charge in [0.15, 0.2) is 5.78 Å². The molecule has 0 aromatic rings. The second-order valence-corrected chi connectivity index (χ2v) is 11.0. The van der Waals surface area contributed by atoms with E-state index in [1.165, 1.54) is 31.3 Å². The van der Waals surface area contributed by atoms with E-state index in [-0.39, 0.29) is 27.4 Å². The third-order valence-corrected chi connectivity index (χ3v) is 9.81. The van der Waals surface area contributed by atoms with Crippen LogP contribution in [0, 0.1) is 34.5 Å². The summed E-state index contributed by atoms with van der Waals surface area (Å²) in [6, 6.07) is 0. The SMILES string of the molecule is CC12CC(Br)C(=O)C=C1CCC1C2CCC2(C)C(C(=O)CBr)CCC12. The van der Waals surface area contributed by atoms with E-state index in [1.54, 1.807) is 0 Å². The van der Waals surface area contributed by atoms with Gasteiger partial charge in [0, 0.05) is 5.92 Å². The van der Waals surface area contributed by atoms with Crippen LogP contribution in [0.5, 0.6) is 0 Å². The molecule has 7 atom stereocenters. The first-order valence-corrected chi connectivity index (χ1v) is 11.8. The molecule has 0 radical (unpaired) electrons. The molecule has 0 heterocycles. The molecule has 0 bridgehead atoms. The van der Waals surface area contributed by atoms with Crippen LogP contribution >= 0.6 is 31.9 Å². The van der Waals surface area contributed by atoms with Crippen molar-refractivity contribution in [2.45, 2.75) is 63.6 Å². The highest BCUT2D eigenvalue weighted by molar-refractivity contribution is 9.10. The smallest absolute Gasteiger partial charge is 0.169 e. The first-order valence-electron chi connectivity index (χ1n) is 9.79. The zero-order valence-electron chi connectivity index (χ0n) is 15.2. The third-order valence-electron chi connectivity index (χ3n) is 8.48. The average Bonchev–Trinajstić information content (AvgIpc) is 2.93. The first kappa shape index (κ1) is 18.4. The summed E-state index contributed by atoms with van der Waals surface area (Å²) in [5.41, 5.74) is 1.77. The first-order chi connectivity index (χ1) is 11.8. The van der Waals surface area contributed by atoms with Gasteiger partial charge in [-0.1, -0.05) is 51.3 Å². The highest BCUT2D eigenvalue weighted by atomic mass is 79.9. The summed E-state index contributed by atoms with van der Waals surface area (Å²) in [5, 5.41) is 0.506. The van der Waals surface area contributed by atoms with E-state index in [1.807, 2.05) is 6.08 Å². The number of Topliss-reactive ketones (excluding diaryl/α,β-unsaturated/α-hetero) is 1. The Kier molecular flexibility index (Phi) is 4.63. The summed E-state index contributed by atoms with van der Waals surface area (Å²) in [6.45, 7) is 4.81. The largest absolute Gasteiger partial charge is 0.298 e. The fraction of sp³-hybridized carbons (Fsp3) is 0.810. The fourth-order valence-electron chi connectivity index (χ4n) is 7.20. The highest BCUT2D eigenvalue weighted by Crippen LogP contribution is 2.66. The Morgan fingerprint density at radius 1 is 1.20 bits per heavy atom. The summed E-state index contributed by atoms with van der Waals surface area (Å²) in [7, 11) is 0. The number of hydrogen-bond acceptors (Lipinski definition) is 2. The van der Waals surface area contributed by atoms with E-state index < -0.39 is 0 Å². The minimum absolute atomic E-state index is 0.0142. The van der Waals surface area contributed by atoms with Gasteiger partial charge in [-0.2, -0.15) is 0 Å². The van der Waals surface area contributed by atoms with Crippen molar-refractivity contribution < 1.29 is 9.59 Å². The van der Waals surface area contributed by atoms with E-state index in [4.69, 9.17) is 0 Å². The number of rotatable bonds is 2. The minimum atomic E-state index is -0.0142. The number of fused-ring (bicyclic) bond motifs is 5. The second-order valence-electron chi connectivity index (χ2n) is 9.35. The molecular weight excluding hydrogens is 444 g/mol. The molecule has 0 aromatic heterocycles. The quantitative estimate of drug-likeness (QED) is 0.500. The summed E-state index contributed by atoms with van der Waals surface area (Å²) in [4.78, 5) is 24.7.